The van der Waals surface area contributed by atoms with Crippen molar-refractivity contribution in [2.24, 2.45) is 0 Å². The monoisotopic (exact) mass is 517 g/mol. The first-order valence-electron chi connectivity index (χ1n) is 12.9. The molecule has 3 nitrogen and oxygen atoms in total. The van der Waals surface area contributed by atoms with Gasteiger partial charge in [0.25, 0.3) is 0 Å². The third-order valence-electron chi connectivity index (χ3n) is 6.76. The number of thiazole rings is 1. The lowest BCUT2D eigenvalue weighted by atomic mass is 10.0. The molecule has 0 saturated heterocycles. The molecular formula is C35H23N3S. The topological polar surface area (TPSA) is 38.7 Å². The van der Waals surface area contributed by atoms with Gasteiger partial charge in [-0.2, -0.15) is 0 Å². The highest BCUT2D eigenvalue weighted by atomic mass is 32.1. The smallest absolute Gasteiger partial charge is 0.160 e. The van der Waals surface area contributed by atoms with Gasteiger partial charge in [-0.05, 0) is 23.3 Å². The highest BCUT2D eigenvalue weighted by Gasteiger charge is 2.15. The van der Waals surface area contributed by atoms with Crippen LogP contribution in [0, 0.1) is 0 Å². The van der Waals surface area contributed by atoms with Gasteiger partial charge < -0.3 is 0 Å². The van der Waals surface area contributed by atoms with Gasteiger partial charge in [0.05, 0.1) is 21.6 Å². The van der Waals surface area contributed by atoms with Crippen LogP contribution in [-0.2, 0) is 0 Å². The average molecular weight is 518 g/mol. The Labute approximate surface area is 231 Å². The Morgan fingerprint density at radius 1 is 0.410 bits per heavy atom. The minimum absolute atomic E-state index is 0.708. The molecule has 0 radical (unpaired) electrons. The summed E-state index contributed by atoms with van der Waals surface area (Å²) in [6, 6.07) is 47.9. The number of aromatic nitrogens is 3. The van der Waals surface area contributed by atoms with Crippen LogP contribution >= 0.6 is 11.3 Å². The van der Waals surface area contributed by atoms with E-state index in [9.17, 15) is 0 Å². The van der Waals surface area contributed by atoms with Crippen LogP contribution in [0.3, 0.4) is 0 Å². The van der Waals surface area contributed by atoms with E-state index in [1.165, 1.54) is 11.1 Å². The Bertz CT molecular complexity index is 1880. The summed E-state index contributed by atoms with van der Waals surface area (Å²) in [6.45, 7) is 0. The Kier molecular flexibility index (Phi) is 6.00. The van der Waals surface area contributed by atoms with E-state index in [1.54, 1.807) is 11.3 Å². The Balaban J connectivity index is 1.37. The molecule has 0 aliphatic heterocycles. The van der Waals surface area contributed by atoms with Crippen molar-refractivity contribution in [1.29, 1.82) is 0 Å². The zero-order chi connectivity index (χ0) is 26.0. The van der Waals surface area contributed by atoms with Gasteiger partial charge in [0.1, 0.15) is 5.01 Å². The summed E-state index contributed by atoms with van der Waals surface area (Å²) in [5.74, 6) is 0.708. The predicted molar refractivity (Wildman–Crippen MR) is 162 cm³/mol. The average Bonchev–Trinajstić information content (AvgIpc) is 3.47. The maximum atomic E-state index is 5.06. The molecule has 4 heteroatoms. The molecule has 39 heavy (non-hydrogen) atoms. The molecule has 0 amide bonds. The standard InChI is InChI=1S/C35H23N3S/c1-4-11-24(12-5-1)25-19-21-26(22-20-25)31-23-32(37-34(36-31)27-13-6-2-7-14-27)29-17-10-18-30-33(29)39-35(38-30)28-15-8-3-9-16-28/h1-23H. The summed E-state index contributed by atoms with van der Waals surface area (Å²) in [6.07, 6.45) is 0. The van der Waals surface area contributed by atoms with E-state index in [2.05, 4.69) is 97.1 Å². The summed E-state index contributed by atoms with van der Waals surface area (Å²) < 4.78 is 1.12. The SMILES string of the molecule is c1ccc(-c2ccc(-c3cc(-c4cccc5nc(-c6ccccc6)sc45)nc(-c4ccccc4)n3)cc2)cc1. The molecule has 0 aliphatic rings. The van der Waals surface area contributed by atoms with Crippen LogP contribution in [0.4, 0.5) is 0 Å². The number of hydrogen-bond donors (Lipinski definition) is 0. The number of hydrogen-bond acceptors (Lipinski definition) is 4. The van der Waals surface area contributed by atoms with Crippen LogP contribution in [0.5, 0.6) is 0 Å². The lowest BCUT2D eigenvalue weighted by Gasteiger charge is -2.10. The summed E-state index contributed by atoms with van der Waals surface area (Å²) in [5, 5.41) is 1.01. The molecule has 7 aromatic rings. The molecule has 2 heterocycles. The first kappa shape index (κ1) is 23.2. The van der Waals surface area contributed by atoms with Gasteiger partial charge in [-0.25, -0.2) is 15.0 Å². The van der Waals surface area contributed by atoms with Crippen LogP contribution in [0.2, 0.25) is 0 Å². The van der Waals surface area contributed by atoms with E-state index in [-0.39, 0.29) is 0 Å². The minimum atomic E-state index is 0.708. The summed E-state index contributed by atoms with van der Waals surface area (Å²) >= 11 is 1.70. The zero-order valence-electron chi connectivity index (χ0n) is 21.0. The Hall–Kier alpha value is -4.93. The quantitative estimate of drug-likeness (QED) is 0.228. The second kappa shape index (κ2) is 10.1. The fraction of sp³-hybridized carbons (Fsp3) is 0. The lowest BCUT2D eigenvalue weighted by molar-refractivity contribution is 1.19. The van der Waals surface area contributed by atoms with Crippen LogP contribution in [-0.4, -0.2) is 15.0 Å². The van der Waals surface area contributed by atoms with Gasteiger partial charge in [0.2, 0.25) is 0 Å². The molecule has 2 aromatic heterocycles. The van der Waals surface area contributed by atoms with Gasteiger partial charge in [0, 0.05) is 22.3 Å². The van der Waals surface area contributed by atoms with Gasteiger partial charge >= 0.3 is 0 Å². The summed E-state index contributed by atoms with van der Waals surface area (Å²) in [4.78, 5) is 15.0. The van der Waals surface area contributed by atoms with Crippen molar-refractivity contribution in [2.75, 3.05) is 0 Å². The number of benzene rings is 5. The second-order valence-electron chi connectivity index (χ2n) is 9.31. The molecule has 184 valence electrons. The molecule has 0 bridgehead atoms. The highest BCUT2D eigenvalue weighted by molar-refractivity contribution is 7.22. The van der Waals surface area contributed by atoms with Crippen LogP contribution in [0.25, 0.3) is 65.8 Å². The van der Waals surface area contributed by atoms with Crippen LogP contribution < -0.4 is 0 Å². The van der Waals surface area contributed by atoms with Crippen molar-refractivity contribution in [1.82, 2.24) is 15.0 Å². The second-order valence-corrected chi connectivity index (χ2v) is 10.3. The highest BCUT2D eigenvalue weighted by Crippen LogP contribution is 2.38. The maximum Gasteiger partial charge on any atom is 0.160 e. The first-order chi connectivity index (χ1) is 19.3. The molecular weight excluding hydrogens is 494 g/mol. The molecule has 5 aromatic carbocycles. The van der Waals surface area contributed by atoms with E-state index in [1.807, 2.05) is 42.5 Å². The molecule has 0 aliphatic carbocycles. The van der Waals surface area contributed by atoms with Crippen LogP contribution in [0.1, 0.15) is 0 Å². The fourth-order valence-electron chi connectivity index (χ4n) is 4.77. The molecule has 0 atom stereocenters. The largest absolute Gasteiger partial charge is 0.236 e. The van der Waals surface area contributed by atoms with Crippen LogP contribution in [0.15, 0.2) is 140 Å². The van der Waals surface area contributed by atoms with Crippen molar-refractivity contribution in [2.45, 2.75) is 0 Å². The maximum absolute atomic E-state index is 5.06. The predicted octanol–water partition coefficient (Wildman–Crippen LogP) is 9.42. The lowest BCUT2D eigenvalue weighted by Crippen LogP contribution is -1.96. The van der Waals surface area contributed by atoms with E-state index in [0.717, 1.165) is 48.9 Å². The number of rotatable bonds is 5. The van der Waals surface area contributed by atoms with Crippen molar-refractivity contribution >= 4 is 21.6 Å². The fourth-order valence-corrected chi connectivity index (χ4v) is 5.86. The third kappa shape index (κ3) is 4.63. The molecule has 0 saturated carbocycles. The molecule has 0 spiro atoms. The van der Waals surface area contributed by atoms with Crippen molar-refractivity contribution in [3.8, 4) is 55.6 Å². The molecule has 0 unspecified atom stereocenters. The Morgan fingerprint density at radius 2 is 0.974 bits per heavy atom. The first-order valence-corrected chi connectivity index (χ1v) is 13.7. The summed E-state index contributed by atoms with van der Waals surface area (Å²) in [7, 11) is 0. The Morgan fingerprint density at radius 3 is 1.67 bits per heavy atom. The number of fused-ring (bicyclic) bond motifs is 1. The summed E-state index contributed by atoms with van der Waals surface area (Å²) in [5.41, 5.74) is 9.36. The third-order valence-corrected chi connectivity index (χ3v) is 7.91. The van der Waals surface area contributed by atoms with E-state index < -0.39 is 0 Å². The van der Waals surface area contributed by atoms with Gasteiger partial charge in [-0.15, -0.1) is 11.3 Å². The minimum Gasteiger partial charge on any atom is -0.236 e. The molecule has 7 rings (SSSR count). The van der Waals surface area contributed by atoms with E-state index >= 15 is 0 Å². The van der Waals surface area contributed by atoms with Crippen molar-refractivity contribution in [3.05, 3.63) is 140 Å². The van der Waals surface area contributed by atoms with E-state index in [0.29, 0.717) is 5.82 Å². The molecule has 0 fully saturated rings. The molecule has 0 N–H and O–H groups in total. The zero-order valence-corrected chi connectivity index (χ0v) is 21.8. The normalized spacial score (nSPS) is 11.1. The van der Waals surface area contributed by atoms with Gasteiger partial charge in [-0.1, -0.05) is 127 Å². The van der Waals surface area contributed by atoms with Gasteiger partial charge in [0.15, 0.2) is 5.82 Å². The van der Waals surface area contributed by atoms with Gasteiger partial charge in [-0.3, -0.25) is 0 Å². The van der Waals surface area contributed by atoms with Crippen molar-refractivity contribution < 1.29 is 0 Å². The van der Waals surface area contributed by atoms with E-state index in [4.69, 9.17) is 15.0 Å². The number of nitrogens with zero attached hydrogens (tertiary/aromatic N) is 3. The van der Waals surface area contributed by atoms with Crippen molar-refractivity contribution in [3.63, 3.8) is 0 Å².